The van der Waals surface area contributed by atoms with Gasteiger partial charge in [0, 0.05) is 19.6 Å². The van der Waals surface area contributed by atoms with E-state index in [9.17, 15) is 4.79 Å². The Morgan fingerprint density at radius 1 is 1.33 bits per heavy atom. The van der Waals surface area contributed by atoms with Gasteiger partial charge in [0.15, 0.2) is 0 Å². The number of carbonyl (C=O) groups is 1. The van der Waals surface area contributed by atoms with Crippen LogP contribution in [0.1, 0.15) is 25.7 Å². The Kier molecular flexibility index (Phi) is 10.3. The van der Waals surface area contributed by atoms with Gasteiger partial charge in [0.2, 0.25) is 5.91 Å². The first-order valence-corrected chi connectivity index (χ1v) is 6.34. The maximum absolute atomic E-state index is 11.6. The van der Waals surface area contributed by atoms with Gasteiger partial charge in [0.05, 0.1) is 19.8 Å². The van der Waals surface area contributed by atoms with Gasteiger partial charge in [-0.15, -0.1) is 12.4 Å². The molecule has 0 spiro atoms. The third kappa shape index (κ3) is 6.54. The molecule has 2 atom stereocenters. The Balaban J connectivity index is 0.00000289. The first-order chi connectivity index (χ1) is 8.27. The van der Waals surface area contributed by atoms with E-state index in [2.05, 4.69) is 5.32 Å². The lowest BCUT2D eigenvalue weighted by molar-refractivity contribution is -0.123. The fraction of sp³-hybridized carbons (Fsp3) is 0.917. The van der Waals surface area contributed by atoms with Crippen molar-refractivity contribution in [1.82, 2.24) is 5.32 Å². The monoisotopic (exact) mass is 280 g/mol. The first kappa shape index (κ1) is 17.6. The third-order valence-corrected chi connectivity index (χ3v) is 3.21. The van der Waals surface area contributed by atoms with E-state index in [-0.39, 0.29) is 24.4 Å². The predicted molar refractivity (Wildman–Crippen MR) is 72.9 cm³/mol. The maximum Gasteiger partial charge on any atom is 0.222 e. The van der Waals surface area contributed by atoms with Gasteiger partial charge >= 0.3 is 0 Å². The van der Waals surface area contributed by atoms with Crippen LogP contribution in [0, 0.1) is 5.92 Å². The zero-order valence-electron chi connectivity index (χ0n) is 11.0. The fourth-order valence-corrected chi connectivity index (χ4v) is 2.20. The Bertz CT molecular complexity index is 229. The second-order valence-electron chi connectivity index (χ2n) is 4.46. The van der Waals surface area contributed by atoms with Crippen LogP contribution in [0.25, 0.3) is 0 Å². The molecular weight excluding hydrogens is 256 g/mol. The van der Waals surface area contributed by atoms with Gasteiger partial charge in [-0.25, -0.2) is 0 Å². The number of carbonyl (C=O) groups excluding carboxylic acids is 1. The van der Waals surface area contributed by atoms with Gasteiger partial charge in [-0.3, -0.25) is 4.79 Å². The molecule has 108 valence electrons. The molecule has 5 nitrogen and oxygen atoms in total. The minimum absolute atomic E-state index is 0. The van der Waals surface area contributed by atoms with Crippen LogP contribution in [0.4, 0.5) is 0 Å². The van der Waals surface area contributed by atoms with Crippen molar-refractivity contribution < 1.29 is 14.3 Å². The molecule has 1 amide bonds. The molecule has 3 N–H and O–H groups in total. The molecule has 0 aromatic carbocycles. The average Bonchev–Trinajstić information content (AvgIpc) is 2.76. The van der Waals surface area contributed by atoms with Crippen molar-refractivity contribution in [3.05, 3.63) is 0 Å². The van der Waals surface area contributed by atoms with Crippen LogP contribution < -0.4 is 11.1 Å². The molecule has 1 saturated carbocycles. The zero-order valence-corrected chi connectivity index (χ0v) is 11.8. The molecule has 0 aromatic heterocycles. The van der Waals surface area contributed by atoms with E-state index in [1.807, 2.05) is 0 Å². The van der Waals surface area contributed by atoms with Gasteiger partial charge in [0.25, 0.3) is 0 Å². The van der Waals surface area contributed by atoms with Crippen molar-refractivity contribution in [2.24, 2.45) is 11.7 Å². The molecule has 0 aliphatic heterocycles. The molecule has 0 radical (unpaired) electrons. The Hall–Kier alpha value is -0.360. The van der Waals surface area contributed by atoms with Crippen LogP contribution in [0.5, 0.6) is 0 Å². The fourth-order valence-electron chi connectivity index (χ4n) is 2.20. The molecule has 0 heterocycles. The summed E-state index contributed by atoms with van der Waals surface area (Å²) in [7, 11) is 1.63. The maximum atomic E-state index is 11.6. The summed E-state index contributed by atoms with van der Waals surface area (Å²) in [6.07, 6.45) is 3.76. The third-order valence-electron chi connectivity index (χ3n) is 3.21. The van der Waals surface area contributed by atoms with E-state index in [1.54, 1.807) is 7.11 Å². The summed E-state index contributed by atoms with van der Waals surface area (Å²) >= 11 is 0. The van der Waals surface area contributed by atoms with Gasteiger partial charge in [-0.2, -0.15) is 0 Å². The lowest BCUT2D eigenvalue weighted by Crippen LogP contribution is -2.40. The van der Waals surface area contributed by atoms with E-state index >= 15 is 0 Å². The van der Waals surface area contributed by atoms with Gasteiger partial charge in [-0.1, -0.05) is 6.42 Å². The molecule has 0 saturated heterocycles. The normalized spacial score (nSPS) is 22.6. The number of methoxy groups -OCH3 is 1. The van der Waals surface area contributed by atoms with E-state index in [0.29, 0.717) is 38.7 Å². The number of nitrogens with two attached hydrogens (primary N) is 1. The van der Waals surface area contributed by atoms with Crippen molar-refractivity contribution in [1.29, 1.82) is 0 Å². The Morgan fingerprint density at radius 3 is 2.78 bits per heavy atom. The molecule has 1 aliphatic carbocycles. The number of hydrogen-bond acceptors (Lipinski definition) is 4. The van der Waals surface area contributed by atoms with Gasteiger partial charge < -0.3 is 20.5 Å². The second-order valence-corrected chi connectivity index (χ2v) is 4.46. The number of rotatable bonds is 8. The Labute approximate surface area is 115 Å². The van der Waals surface area contributed by atoms with Crippen LogP contribution in [-0.2, 0) is 14.3 Å². The van der Waals surface area contributed by atoms with Crippen molar-refractivity contribution in [2.75, 3.05) is 33.5 Å². The summed E-state index contributed by atoms with van der Waals surface area (Å²) in [5, 5.41) is 3.04. The molecule has 0 aromatic rings. The van der Waals surface area contributed by atoms with Crippen LogP contribution in [0.2, 0.25) is 0 Å². The average molecular weight is 281 g/mol. The SMILES string of the molecule is COCCOCCC(=O)NC1CCCC1CN.Cl. The van der Waals surface area contributed by atoms with Crippen LogP contribution in [0.15, 0.2) is 0 Å². The zero-order chi connectivity index (χ0) is 12.5. The highest BCUT2D eigenvalue weighted by Crippen LogP contribution is 2.24. The number of amides is 1. The minimum Gasteiger partial charge on any atom is -0.382 e. The van der Waals surface area contributed by atoms with Crippen molar-refractivity contribution in [3.8, 4) is 0 Å². The number of ether oxygens (including phenoxy) is 2. The van der Waals surface area contributed by atoms with E-state index < -0.39 is 0 Å². The second kappa shape index (κ2) is 10.6. The number of halogens is 1. The Morgan fingerprint density at radius 2 is 2.11 bits per heavy atom. The van der Waals surface area contributed by atoms with Gasteiger partial charge in [-0.05, 0) is 25.3 Å². The standard InChI is InChI=1S/C12H24N2O3.ClH/c1-16-7-8-17-6-5-12(15)14-11-4-2-3-10(11)9-13;/h10-11H,2-9,13H2,1H3,(H,14,15);1H. The van der Waals surface area contributed by atoms with Crippen molar-refractivity contribution >= 4 is 18.3 Å². The highest BCUT2D eigenvalue weighted by Gasteiger charge is 2.26. The predicted octanol–water partition coefficient (Wildman–Crippen LogP) is 0.705. The van der Waals surface area contributed by atoms with Crippen LogP contribution >= 0.6 is 12.4 Å². The molecule has 6 heteroatoms. The van der Waals surface area contributed by atoms with E-state index in [4.69, 9.17) is 15.2 Å². The van der Waals surface area contributed by atoms with E-state index in [1.165, 1.54) is 0 Å². The topological polar surface area (TPSA) is 73.6 Å². The van der Waals surface area contributed by atoms with Gasteiger partial charge in [0.1, 0.15) is 0 Å². The van der Waals surface area contributed by atoms with E-state index in [0.717, 1.165) is 19.3 Å². The number of hydrogen-bond donors (Lipinski definition) is 2. The first-order valence-electron chi connectivity index (χ1n) is 6.34. The molecule has 1 rings (SSSR count). The summed E-state index contributed by atoms with van der Waals surface area (Å²) in [6, 6.07) is 0.270. The summed E-state index contributed by atoms with van der Waals surface area (Å²) < 4.78 is 10.1. The molecular formula is C12H25ClN2O3. The summed E-state index contributed by atoms with van der Waals surface area (Å²) in [5.74, 6) is 0.515. The highest BCUT2D eigenvalue weighted by atomic mass is 35.5. The molecule has 18 heavy (non-hydrogen) atoms. The van der Waals surface area contributed by atoms with Crippen molar-refractivity contribution in [2.45, 2.75) is 31.7 Å². The number of nitrogens with one attached hydrogen (secondary N) is 1. The van der Waals surface area contributed by atoms with Crippen LogP contribution in [-0.4, -0.2) is 45.4 Å². The highest BCUT2D eigenvalue weighted by molar-refractivity contribution is 5.85. The lowest BCUT2D eigenvalue weighted by atomic mass is 10.0. The van der Waals surface area contributed by atoms with Crippen molar-refractivity contribution in [3.63, 3.8) is 0 Å². The quantitative estimate of drug-likeness (QED) is 0.642. The molecule has 1 aliphatic rings. The summed E-state index contributed by atoms with van der Waals surface area (Å²) in [4.78, 5) is 11.6. The largest absolute Gasteiger partial charge is 0.382 e. The molecule has 0 bridgehead atoms. The molecule has 1 fully saturated rings. The van der Waals surface area contributed by atoms with Crippen LogP contribution in [0.3, 0.4) is 0 Å². The summed E-state index contributed by atoms with van der Waals surface area (Å²) in [6.45, 7) is 2.22. The summed E-state index contributed by atoms with van der Waals surface area (Å²) in [5.41, 5.74) is 5.67. The molecule has 2 unspecified atom stereocenters. The minimum atomic E-state index is 0. The smallest absolute Gasteiger partial charge is 0.222 e. The lowest BCUT2D eigenvalue weighted by Gasteiger charge is -2.19.